The van der Waals surface area contributed by atoms with E-state index in [-0.39, 0.29) is 36.0 Å². The van der Waals surface area contributed by atoms with Crippen LogP contribution in [0.4, 0.5) is 4.79 Å². The number of nitrogens with two attached hydrogens (primary N) is 1. The molecule has 1 amide bonds. The number of esters is 1. The molecule has 1 aromatic carbocycles. The molecule has 210 valence electrons. The first-order chi connectivity index (χ1) is 18.8. The van der Waals surface area contributed by atoms with E-state index >= 15 is 0 Å². The van der Waals surface area contributed by atoms with Crippen LogP contribution in [0.1, 0.15) is 69.5 Å². The molecule has 0 aliphatic carbocycles. The van der Waals surface area contributed by atoms with Gasteiger partial charge in [-0.1, -0.05) is 31.8 Å². The van der Waals surface area contributed by atoms with Crippen LogP contribution < -0.4 is 10.5 Å². The highest BCUT2D eigenvalue weighted by Crippen LogP contribution is 2.52. The Bertz CT molecular complexity index is 1470. The third kappa shape index (κ3) is 5.35. The lowest BCUT2D eigenvalue weighted by molar-refractivity contribution is -0.142. The molecule has 1 unspecified atom stereocenters. The molecular weight excluding hydrogens is 510 g/mol. The third-order valence-electron chi connectivity index (χ3n) is 6.98. The minimum atomic E-state index is -0.990. The first-order valence-electron chi connectivity index (χ1n) is 13.2. The van der Waals surface area contributed by atoms with Crippen molar-refractivity contribution < 1.29 is 23.8 Å². The summed E-state index contributed by atoms with van der Waals surface area (Å²) in [5.74, 6) is 6.24. The molecule has 1 aromatic heterocycles. The number of likely N-dealkylation sites (tertiary alicyclic amines) is 1. The first kappa shape index (κ1) is 28.6. The first-order valence-corrected chi connectivity index (χ1v) is 13.2. The van der Waals surface area contributed by atoms with E-state index in [4.69, 9.17) is 19.9 Å². The number of hydrogen-bond donors (Lipinski definition) is 2. The van der Waals surface area contributed by atoms with E-state index in [2.05, 4.69) is 28.1 Å². The predicted molar refractivity (Wildman–Crippen MR) is 146 cm³/mol. The fourth-order valence-electron chi connectivity index (χ4n) is 5.25. The molecule has 0 spiro atoms. The van der Waals surface area contributed by atoms with Crippen molar-refractivity contribution in [3.05, 3.63) is 57.6 Å². The third-order valence-corrected chi connectivity index (χ3v) is 6.98. The smallest absolute Gasteiger partial charge is 0.410 e. The summed E-state index contributed by atoms with van der Waals surface area (Å²) in [6.07, 6.45) is -0.352. The Morgan fingerprint density at radius 1 is 1.30 bits per heavy atom. The van der Waals surface area contributed by atoms with Crippen LogP contribution >= 0.6 is 0 Å². The molecule has 3 N–H and O–H groups in total. The van der Waals surface area contributed by atoms with Crippen LogP contribution in [0.3, 0.4) is 0 Å². The van der Waals surface area contributed by atoms with Gasteiger partial charge in [0, 0.05) is 31.3 Å². The van der Waals surface area contributed by atoms with Gasteiger partial charge in [-0.05, 0) is 56.9 Å². The number of aromatic nitrogens is 2. The Balaban J connectivity index is 1.77. The lowest BCUT2D eigenvalue weighted by atomic mass is 9.61. The lowest BCUT2D eigenvalue weighted by Crippen LogP contribution is -2.51. The number of rotatable bonds is 4. The van der Waals surface area contributed by atoms with Gasteiger partial charge >= 0.3 is 12.1 Å². The van der Waals surface area contributed by atoms with Crippen molar-refractivity contribution >= 4 is 12.1 Å². The second-order valence-electron chi connectivity index (χ2n) is 11.5. The average molecular weight is 546 g/mol. The number of aryl methyl sites for hydroxylation is 1. The van der Waals surface area contributed by atoms with Gasteiger partial charge in [-0.25, -0.2) is 4.79 Å². The van der Waals surface area contributed by atoms with Crippen molar-refractivity contribution in [2.24, 2.45) is 17.6 Å². The minimum Gasteiger partial charge on any atom is -0.461 e. The second-order valence-corrected chi connectivity index (χ2v) is 11.5. The molecule has 2 aliphatic heterocycles. The van der Waals surface area contributed by atoms with Gasteiger partial charge in [0.25, 0.3) is 0 Å². The summed E-state index contributed by atoms with van der Waals surface area (Å²) in [5.41, 5.74) is 8.63. The molecule has 0 bridgehead atoms. The van der Waals surface area contributed by atoms with Crippen LogP contribution in [0.15, 0.2) is 29.7 Å². The van der Waals surface area contributed by atoms with E-state index in [0.717, 1.165) is 16.8 Å². The number of allylic oxidation sites excluding steroid dienone is 1. The maximum atomic E-state index is 12.3. The number of hydrogen-bond acceptors (Lipinski definition) is 8. The lowest BCUT2D eigenvalue weighted by Gasteiger charge is -2.41. The average Bonchev–Trinajstić information content (AvgIpc) is 3.19. The number of fused-ring (bicyclic) bond motifs is 1. The van der Waals surface area contributed by atoms with Gasteiger partial charge in [-0.3, -0.25) is 9.89 Å². The Morgan fingerprint density at radius 2 is 2.00 bits per heavy atom. The van der Waals surface area contributed by atoms with Crippen LogP contribution in [0.2, 0.25) is 0 Å². The molecule has 2 aromatic rings. The number of carbonyl (C=O) groups is 2. The Morgan fingerprint density at radius 3 is 2.60 bits per heavy atom. The fraction of sp³-hybridized carbons (Fsp3) is 0.467. The quantitative estimate of drug-likeness (QED) is 0.433. The Labute approximate surface area is 234 Å². The highest BCUT2D eigenvalue weighted by atomic mass is 16.6. The molecule has 10 nitrogen and oxygen atoms in total. The number of nitrogens with one attached hydrogen (secondary N) is 1. The van der Waals surface area contributed by atoms with Crippen molar-refractivity contribution in [1.82, 2.24) is 15.1 Å². The second kappa shape index (κ2) is 10.6. The summed E-state index contributed by atoms with van der Waals surface area (Å²) in [7, 11) is 0. The largest absolute Gasteiger partial charge is 0.461 e. The molecule has 3 heterocycles. The highest BCUT2D eigenvalue weighted by molar-refractivity contribution is 5.69. The number of ether oxygens (including phenoxy) is 3. The highest BCUT2D eigenvalue weighted by Gasteiger charge is 2.50. The van der Waals surface area contributed by atoms with Crippen molar-refractivity contribution in [2.75, 3.05) is 13.1 Å². The van der Waals surface area contributed by atoms with Crippen molar-refractivity contribution in [3.63, 3.8) is 0 Å². The number of nitriles is 1. The predicted octanol–water partition coefficient (Wildman–Crippen LogP) is 4.03. The maximum absolute atomic E-state index is 12.3. The van der Waals surface area contributed by atoms with Crippen LogP contribution in [-0.2, 0) is 26.3 Å². The van der Waals surface area contributed by atoms with E-state index < -0.39 is 17.0 Å². The van der Waals surface area contributed by atoms with Crippen LogP contribution in [-0.4, -0.2) is 45.9 Å². The van der Waals surface area contributed by atoms with E-state index in [0.29, 0.717) is 30.1 Å². The molecule has 10 heteroatoms. The van der Waals surface area contributed by atoms with E-state index in [1.54, 1.807) is 4.90 Å². The Hall–Kier alpha value is -4.44. The number of aromatic amines is 1. The molecule has 2 aliphatic rings. The summed E-state index contributed by atoms with van der Waals surface area (Å²) >= 11 is 0. The topological polar surface area (TPSA) is 144 Å². The number of H-pyrrole nitrogens is 1. The molecule has 0 saturated carbocycles. The molecule has 1 atom stereocenters. The normalized spacial score (nSPS) is 18.6. The SMILES string of the molecule is CC(=O)OCc1cc(C#CC2CN(C(=O)OC(C)(C)C)C2)cc(C2(C(C)C)C(C#N)=C(N)Oc3n[nH]c(C)c32)c1. The van der Waals surface area contributed by atoms with Crippen LogP contribution in [0.25, 0.3) is 0 Å². The van der Waals surface area contributed by atoms with E-state index in [9.17, 15) is 14.9 Å². The molecule has 0 radical (unpaired) electrons. The van der Waals surface area contributed by atoms with Crippen LogP contribution in [0.5, 0.6) is 5.88 Å². The van der Waals surface area contributed by atoms with Gasteiger partial charge in [0.15, 0.2) is 0 Å². The summed E-state index contributed by atoms with van der Waals surface area (Å²) in [5, 5.41) is 17.6. The summed E-state index contributed by atoms with van der Waals surface area (Å²) in [4.78, 5) is 25.5. The van der Waals surface area contributed by atoms with Crippen molar-refractivity contribution in [3.8, 4) is 23.8 Å². The van der Waals surface area contributed by atoms with Crippen LogP contribution in [0, 0.1) is 41.9 Å². The standard InChI is InChI=1S/C30H35N5O5/c1-17(2)30(24(13-31)26(32)39-27-25(30)18(3)33-34-27)23-11-20(10-22(12-23)16-38-19(4)36)8-9-21-14-35(15-21)28(37)40-29(5,6)7/h10-12,17,21H,14-16,32H2,1-7H3,(H,33,34). The van der Waals surface area contributed by atoms with E-state index in [1.807, 2.05) is 59.7 Å². The zero-order chi connectivity index (χ0) is 29.4. The van der Waals surface area contributed by atoms with Crippen molar-refractivity contribution in [2.45, 2.75) is 66.1 Å². The minimum absolute atomic E-state index is 0.00933. The zero-order valence-corrected chi connectivity index (χ0v) is 24.0. The number of amides is 1. The number of carbonyl (C=O) groups excluding carboxylic acids is 2. The van der Waals surface area contributed by atoms with Gasteiger partial charge in [0.2, 0.25) is 11.8 Å². The van der Waals surface area contributed by atoms with Gasteiger partial charge in [-0.2, -0.15) is 5.26 Å². The van der Waals surface area contributed by atoms with Gasteiger partial charge in [0.1, 0.15) is 23.9 Å². The number of benzene rings is 1. The Kier molecular flexibility index (Phi) is 7.58. The van der Waals surface area contributed by atoms with Crippen molar-refractivity contribution in [1.29, 1.82) is 5.26 Å². The molecule has 1 saturated heterocycles. The maximum Gasteiger partial charge on any atom is 0.410 e. The summed E-state index contributed by atoms with van der Waals surface area (Å²) in [6.45, 7) is 13.7. The molecular formula is C30H35N5O5. The van der Waals surface area contributed by atoms with Gasteiger partial charge in [0.05, 0.1) is 16.9 Å². The van der Waals surface area contributed by atoms with Gasteiger partial charge < -0.3 is 24.8 Å². The van der Waals surface area contributed by atoms with Gasteiger partial charge in [-0.15, -0.1) is 5.10 Å². The molecule has 40 heavy (non-hydrogen) atoms. The zero-order valence-electron chi connectivity index (χ0n) is 24.0. The molecule has 4 rings (SSSR count). The fourth-order valence-corrected chi connectivity index (χ4v) is 5.25. The summed E-state index contributed by atoms with van der Waals surface area (Å²) < 4.78 is 16.5. The molecule has 1 fully saturated rings. The van der Waals surface area contributed by atoms with E-state index in [1.165, 1.54) is 6.92 Å². The summed E-state index contributed by atoms with van der Waals surface area (Å²) in [6, 6.07) is 7.99. The number of nitrogens with zero attached hydrogens (tertiary/aromatic N) is 3. The monoisotopic (exact) mass is 545 g/mol.